The van der Waals surface area contributed by atoms with Crippen molar-refractivity contribution in [3.05, 3.63) is 24.3 Å². The van der Waals surface area contributed by atoms with Gasteiger partial charge >= 0.3 is 6.18 Å². The molecule has 0 saturated heterocycles. The molecule has 1 atom stereocenters. The Morgan fingerprint density at radius 1 is 1.40 bits per heavy atom. The fraction of sp³-hybridized carbons (Fsp3) is 0.462. The van der Waals surface area contributed by atoms with Crippen LogP contribution >= 0.6 is 0 Å². The number of hydrogen-bond donors (Lipinski definition) is 2. The Labute approximate surface area is 115 Å². The van der Waals surface area contributed by atoms with E-state index < -0.39 is 24.7 Å². The van der Waals surface area contributed by atoms with E-state index in [1.807, 2.05) is 12.2 Å². The van der Waals surface area contributed by atoms with Crippen LogP contribution in [-0.2, 0) is 4.79 Å². The summed E-state index contributed by atoms with van der Waals surface area (Å²) in [5.41, 5.74) is 0.602. The van der Waals surface area contributed by atoms with Crippen molar-refractivity contribution < 1.29 is 22.7 Å². The smallest absolute Gasteiger partial charge is 0.405 e. The number of alkyl halides is 3. The molecule has 0 aliphatic rings. The van der Waals surface area contributed by atoms with E-state index in [9.17, 15) is 18.0 Å². The lowest BCUT2D eigenvalue weighted by molar-refractivity contribution is -0.138. The molecule has 0 radical (unpaired) electrons. The topological polar surface area (TPSA) is 50.4 Å². The van der Waals surface area contributed by atoms with Gasteiger partial charge in [-0.1, -0.05) is 6.07 Å². The molecule has 1 unspecified atom stereocenters. The maximum atomic E-state index is 12.0. The summed E-state index contributed by atoms with van der Waals surface area (Å²) in [5.74, 6) is -0.0930. The largest absolute Gasteiger partial charge is 0.494 e. The van der Waals surface area contributed by atoms with Crippen molar-refractivity contribution in [2.45, 2.75) is 26.1 Å². The van der Waals surface area contributed by atoms with Crippen molar-refractivity contribution in [1.82, 2.24) is 5.32 Å². The average Bonchev–Trinajstić information content (AvgIpc) is 2.36. The Balaban J connectivity index is 2.54. The third-order valence-electron chi connectivity index (χ3n) is 2.38. The number of anilines is 1. The first kappa shape index (κ1) is 16.1. The van der Waals surface area contributed by atoms with Gasteiger partial charge in [-0.25, -0.2) is 0 Å². The molecule has 0 aromatic heterocycles. The number of halogens is 3. The number of benzene rings is 1. The summed E-state index contributed by atoms with van der Waals surface area (Å²) in [6, 6.07) is 6.08. The van der Waals surface area contributed by atoms with Gasteiger partial charge in [0.05, 0.1) is 6.61 Å². The van der Waals surface area contributed by atoms with Crippen molar-refractivity contribution in [2.24, 2.45) is 0 Å². The molecule has 112 valence electrons. The minimum atomic E-state index is -4.41. The van der Waals surface area contributed by atoms with Gasteiger partial charge in [0.1, 0.15) is 18.3 Å². The van der Waals surface area contributed by atoms with Gasteiger partial charge in [0.25, 0.3) is 0 Å². The highest BCUT2D eigenvalue weighted by Gasteiger charge is 2.28. The fourth-order valence-corrected chi connectivity index (χ4v) is 1.50. The monoisotopic (exact) mass is 290 g/mol. The van der Waals surface area contributed by atoms with Crippen LogP contribution < -0.4 is 15.4 Å². The molecule has 1 aromatic carbocycles. The van der Waals surface area contributed by atoms with Crippen molar-refractivity contribution in [1.29, 1.82) is 0 Å². The van der Waals surface area contributed by atoms with E-state index in [1.165, 1.54) is 6.92 Å². The van der Waals surface area contributed by atoms with Crippen molar-refractivity contribution >= 4 is 11.6 Å². The first-order valence-electron chi connectivity index (χ1n) is 6.15. The molecule has 20 heavy (non-hydrogen) atoms. The zero-order chi connectivity index (χ0) is 15.2. The van der Waals surface area contributed by atoms with Crippen LogP contribution in [-0.4, -0.2) is 31.3 Å². The van der Waals surface area contributed by atoms with Gasteiger partial charge in [-0.15, -0.1) is 0 Å². The number of amides is 1. The molecule has 1 rings (SSSR count). The van der Waals surface area contributed by atoms with Crippen LogP contribution in [0.5, 0.6) is 5.75 Å². The molecule has 0 fully saturated rings. The second-order valence-electron chi connectivity index (χ2n) is 4.16. The Hall–Kier alpha value is -1.92. The lowest BCUT2D eigenvalue weighted by Crippen LogP contribution is -2.42. The predicted molar refractivity (Wildman–Crippen MR) is 69.8 cm³/mol. The van der Waals surface area contributed by atoms with Gasteiger partial charge in [-0.05, 0) is 26.0 Å². The van der Waals surface area contributed by atoms with Gasteiger partial charge < -0.3 is 15.4 Å². The zero-order valence-electron chi connectivity index (χ0n) is 11.3. The Morgan fingerprint density at radius 3 is 2.70 bits per heavy atom. The molecule has 7 heteroatoms. The number of carbonyl (C=O) groups excluding carboxylic acids is 1. The fourth-order valence-electron chi connectivity index (χ4n) is 1.50. The second-order valence-corrected chi connectivity index (χ2v) is 4.16. The highest BCUT2D eigenvalue weighted by atomic mass is 19.4. The predicted octanol–water partition coefficient (Wildman–Crippen LogP) is 2.56. The third-order valence-corrected chi connectivity index (χ3v) is 2.38. The summed E-state index contributed by atoms with van der Waals surface area (Å²) in [7, 11) is 0. The van der Waals surface area contributed by atoms with E-state index in [2.05, 4.69) is 5.32 Å². The molecular formula is C13H17F3N2O2. The van der Waals surface area contributed by atoms with Crippen LogP contribution in [0, 0.1) is 0 Å². The Kier molecular flexibility index (Phi) is 5.66. The first-order chi connectivity index (χ1) is 9.31. The van der Waals surface area contributed by atoms with Crippen LogP contribution in [0.15, 0.2) is 24.3 Å². The van der Waals surface area contributed by atoms with Crippen LogP contribution in [0.2, 0.25) is 0 Å². The first-order valence-corrected chi connectivity index (χ1v) is 6.15. The van der Waals surface area contributed by atoms with Crippen LogP contribution in [0.1, 0.15) is 13.8 Å². The third kappa shape index (κ3) is 5.81. The van der Waals surface area contributed by atoms with Crippen LogP contribution in [0.3, 0.4) is 0 Å². The molecular weight excluding hydrogens is 273 g/mol. The van der Waals surface area contributed by atoms with E-state index in [0.717, 1.165) is 0 Å². The van der Waals surface area contributed by atoms with Crippen molar-refractivity contribution in [3.8, 4) is 5.75 Å². The van der Waals surface area contributed by atoms with E-state index in [0.29, 0.717) is 18.0 Å². The lowest BCUT2D eigenvalue weighted by atomic mass is 10.2. The number of nitrogens with one attached hydrogen (secondary N) is 2. The standard InChI is InChI=1S/C13H17F3N2O2/c1-3-20-11-6-4-5-10(7-11)18-9(2)12(19)17-8-13(14,15)16/h4-7,9,18H,3,8H2,1-2H3,(H,17,19). The van der Waals surface area contributed by atoms with Gasteiger partial charge in [0.15, 0.2) is 0 Å². The van der Waals surface area contributed by atoms with E-state index >= 15 is 0 Å². The zero-order valence-corrected chi connectivity index (χ0v) is 11.3. The normalized spacial score (nSPS) is 12.7. The highest BCUT2D eigenvalue weighted by molar-refractivity contribution is 5.84. The molecule has 2 N–H and O–H groups in total. The minimum absolute atomic E-state index is 0.505. The minimum Gasteiger partial charge on any atom is -0.494 e. The van der Waals surface area contributed by atoms with Gasteiger partial charge in [-0.2, -0.15) is 13.2 Å². The summed E-state index contributed by atoms with van der Waals surface area (Å²) >= 11 is 0. The summed E-state index contributed by atoms with van der Waals surface area (Å²) in [6.07, 6.45) is -4.41. The molecule has 0 aliphatic heterocycles. The van der Waals surface area contributed by atoms with Gasteiger partial charge in [0.2, 0.25) is 5.91 Å². The van der Waals surface area contributed by atoms with Gasteiger partial charge in [0, 0.05) is 11.8 Å². The summed E-state index contributed by atoms with van der Waals surface area (Å²) in [5, 5.41) is 4.64. The van der Waals surface area contributed by atoms with E-state index in [-0.39, 0.29) is 0 Å². The molecule has 1 aromatic rings. The lowest BCUT2D eigenvalue weighted by Gasteiger charge is -2.16. The second kappa shape index (κ2) is 7.02. The number of hydrogen-bond acceptors (Lipinski definition) is 3. The summed E-state index contributed by atoms with van der Waals surface area (Å²) in [6.45, 7) is 2.49. The molecule has 0 spiro atoms. The van der Waals surface area contributed by atoms with Crippen LogP contribution in [0.4, 0.5) is 18.9 Å². The molecule has 1 amide bonds. The maximum absolute atomic E-state index is 12.0. The molecule has 0 saturated carbocycles. The Morgan fingerprint density at radius 2 is 2.10 bits per heavy atom. The summed E-state index contributed by atoms with van der Waals surface area (Å²) < 4.78 is 41.3. The van der Waals surface area contributed by atoms with E-state index in [1.54, 1.807) is 24.3 Å². The number of ether oxygens (including phenoxy) is 1. The van der Waals surface area contributed by atoms with Gasteiger partial charge in [-0.3, -0.25) is 4.79 Å². The number of rotatable bonds is 6. The SMILES string of the molecule is CCOc1cccc(NC(C)C(=O)NCC(F)(F)F)c1. The molecule has 0 bridgehead atoms. The summed E-state index contributed by atoms with van der Waals surface area (Å²) in [4.78, 5) is 11.5. The Bertz CT molecular complexity index is 449. The van der Waals surface area contributed by atoms with E-state index in [4.69, 9.17) is 4.74 Å². The van der Waals surface area contributed by atoms with Crippen LogP contribution in [0.25, 0.3) is 0 Å². The highest BCUT2D eigenvalue weighted by Crippen LogP contribution is 2.18. The molecule has 0 aliphatic carbocycles. The van der Waals surface area contributed by atoms with Crippen molar-refractivity contribution in [2.75, 3.05) is 18.5 Å². The molecule has 4 nitrogen and oxygen atoms in total. The number of carbonyl (C=O) groups is 1. The maximum Gasteiger partial charge on any atom is 0.405 e. The average molecular weight is 290 g/mol. The quantitative estimate of drug-likeness (QED) is 0.846. The van der Waals surface area contributed by atoms with Crippen molar-refractivity contribution in [3.63, 3.8) is 0 Å². The molecule has 0 heterocycles.